The third-order valence-corrected chi connectivity index (χ3v) is 4.85. The Morgan fingerprint density at radius 2 is 2.04 bits per heavy atom. The van der Waals surface area contributed by atoms with Crippen LogP contribution in [0.4, 0.5) is 0 Å². The number of amides is 1. The molecule has 2 rings (SSSR count). The maximum absolute atomic E-state index is 12.2. The molecule has 2 N–H and O–H groups in total. The van der Waals surface area contributed by atoms with Crippen LogP contribution in [-0.4, -0.2) is 36.5 Å². The van der Waals surface area contributed by atoms with Crippen molar-refractivity contribution in [3.63, 3.8) is 0 Å². The smallest absolute Gasteiger partial charge is 0.222 e. The Morgan fingerprint density at radius 1 is 1.38 bits per heavy atom. The summed E-state index contributed by atoms with van der Waals surface area (Å²) in [5.74, 6) is 1.33. The number of hydrogen-bond donors (Lipinski definition) is 1. The van der Waals surface area contributed by atoms with Gasteiger partial charge in [-0.15, -0.1) is 12.4 Å². The van der Waals surface area contributed by atoms with Crippen molar-refractivity contribution in [3.05, 3.63) is 28.2 Å². The molecule has 0 saturated carbocycles. The first-order valence-electron chi connectivity index (χ1n) is 8.08. The number of carbonyl (C=O) groups is 1. The molecule has 1 amide bonds. The zero-order valence-electron chi connectivity index (χ0n) is 13.8. The molecule has 1 aliphatic rings. The van der Waals surface area contributed by atoms with E-state index in [9.17, 15) is 4.79 Å². The summed E-state index contributed by atoms with van der Waals surface area (Å²) in [5, 5.41) is 1.06. The first kappa shape index (κ1) is 21.4. The standard InChI is InChI=1S/C17H24Cl2N2O2.ClH/c1-12(20)13-6-8-21(9-7-13)17(22)3-2-10-23-16-5-4-14(18)11-15(16)19;/h4-5,11-13H,2-3,6-10,20H2,1H3;1H. The van der Waals surface area contributed by atoms with Crippen LogP contribution in [0.15, 0.2) is 18.2 Å². The van der Waals surface area contributed by atoms with Crippen molar-refractivity contribution in [3.8, 4) is 5.75 Å². The topological polar surface area (TPSA) is 55.6 Å². The van der Waals surface area contributed by atoms with Gasteiger partial charge in [-0.2, -0.15) is 0 Å². The monoisotopic (exact) mass is 394 g/mol. The molecule has 0 radical (unpaired) electrons. The fraction of sp³-hybridized carbons (Fsp3) is 0.588. The van der Waals surface area contributed by atoms with Crippen LogP contribution >= 0.6 is 35.6 Å². The summed E-state index contributed by atoms with van der Waals surface area (Å²) in [5.41, 5.74) is 5.92. The van der Waals surface area contributed by atoms with E-state index in [1.807, 2.05) is 11.8 Å². The number of ether oxygens (including phenoxy) is 1. The van der Waals surface area contributed by atoms with Crippen LogP contribution in [0.3, 0.4) is 0 Å². The first-order chi connectivity index (χ1) is 11.0. The van der Waals surface area contributed by atoms with E-state index in [1.54, 1.807) is 18.2 Å². The molecule has 0 aromatic heterocycles. The molecular weight excluding hydrogens is 371 g/mol. The van der Waals surface area contributed by atoms with E-state index in [-0.39, 0.29) is 24.4 Å². The Kier molecular flexibility index (Phi) is 9.21. The van der Waals surface area contributed by atoms with Crippen molar-refractivity contribution in [2.75, 3.05) is 19.7 Å². The molecule has 0 bridgehead atoms. The van der Waals surface area contributed by atoms with Gasteiger partial charge in [0, 0.05) is 30.6 Å². The molecule has 1 aromatic carbocycles. The predicted octanol–water partition coefficient (Wildman–Crippen LogP) is 4.16. The summed E-state index contributed by atoms with van der Waals surface area (Å²) in [6.45, 7) is 4.13. The van der Waals surface area contributed by atoms with Gasteiger partial charge < -0.3 is 15.4 Å². The normalized spacial score (nSPS) is 16.4. The van der Waals surface area contributed by atoms with Gasteiger partial charge in [-0.05, 0) is 50.3 Å². The highest BCUT2D eigenvalue weighted by molar-refractivity contribution is 6.35. The van der Waals surface area contributed by atoms with Crippen molar-refractivity contribution in [2.45, 2.75) is 38.6 Å². The van der Waals surface area contributed by atoms with Crippen molar-refractivity contribution >= 4 is 41.5 Å². The third kappa shape index (κ3) is 6.32. The number of carbonyl (C=O) groups excluding carboxylic acids is 1. The second-order valence-electron chi connectivity index (χ2n) is 6.10. The molecule has 1 atom stereocenters. The number of likely N-dealkylation sites (tertiary alicyclic amines) is 1. The highest BCUT2D eigenvalue weighted by atomic mass is 35.5. The second-order valence-corrected chi connectivity index (χ2v) is 6.95. The Balaban J connectivity index is 0.00000288. The van der Waals surface area contributed by atoms with Gasteiger partial charge in [0.25, 0.3) is 0 Å². The van der Waals surface area contributed by atoms with Crippen molar-refractivity contribution in [2.24, 2.45) is 11.7 Å². The van der Waals surface area contributed by atoms with Gasteiger partial charge in [0.05, 0.1) is 11.6 Å². The number of hydrogen-bond acceptors (Lipinski definition) is 3. The average molecular weight is 396 g/mol. The molecule has 1 fully saturated rings. The van der Waals surface area contributed by atoms with E-state index < -0.39 is 0 Å². The molecule has 0 spiro atoms. The molecule has 0 aliphatic carbocycles. The minimum atomic E-state index is 0. The van der Waals surface area contributed by atoms with Crippen molar-refractivity contribution < 1.29 is 9.53 Å². The summed E-state index contributed by atoms with van der Waals surface area (Å²) in [4.78, 5) is 14.1. The predicted molar refractivity (Wildman–Crippen MR) is 101 cm³/mol. The third-order valence-electron chi connectivity index (χ3n) is 4.32. The van der Waals surface area contributed by atoms with Crippen LogP contribution in [0.2, 0.25) is 10.0 Å². The van der Waals surface area contributed by atoms with Gasteiger partial charge in [-0.3, -0.25) is 4.79 Å². The zero-order valence-corrected chi connectivity index (χ0v) is 16.2. The number of nitrogens with two attached hydrogens (primary N) is 1. The molecule has 1 aliphatic heterocycles. The molecule has 1 saturated heterocycles. The van der Waals surface area contributed by atoms with Crippen LogP contribution < -0.4 is 10.5 Å². The van der Waals surface area contributed by atoms with E-state index in [0.717, 1.165) is 25.9 Å². The van der Waals surface area contributed by atoms with E-state index in [4.69, 9.17) is 33.7 Å². The van der Waals surface area contributed by atoms with E-state index in [1.165, 1.54) is 0 Å². The Hall–Kier alpha value is -0.680. The maximum Gasteiger partial charge on any atom is 0.222 e. The lowest BCUT2D eigenvalue weighted by Crippen LogP contribution is -2.42. The molecule has 24 heavy (non-hydrogen) atoms. The van der Waals surface area contributed by atoms with Gasteiger partial charge >= 0.3 is 0 Å². The minimum absolute atomic E-state index is 0. The number of piperidine rings is 1. The summed E-state index contributed by atoms with van der Waals surface area (Å²) < 4.78 is 5.60. The molecule has 1 unspecified atom stereocenters. The molecular formula is C17H25Cl3N2O2. The number of rotatable bonds is 6. The Morgan fingerprint density at radius 3 is 2.62 bits per heavy atom. The largest absolute Gasteiger partial charge is 0.492 e. The molecule has 136 valence electrons. The van der Waals surface area contributed by atoms with Crippen LogP contribution in [0.5, 0.6) is 5.75 Å². The summed E-state index contributed by atoms with van der Waals surface area (Å²) in [6, 6.07) is 5.33. The minimum Gasteiger partial charge on any atom is -0.492 e. The molecule has 1 aromatic rings. The number of halogens is 3. The lowest BCUT2D eigenvalue weighted by atomic mass is 9.91. The van der Waals surface area contributed by atoms with Crippen molar-refractivity contribution in [1.82, 2.24) is 4.90 Å². The van der Waals surface area contributed by atoms with E-state index in [2.05, 4.69) is 0 Å². The van der Waals surface area contributed by atoms with Crippen LogP contribution in [-0.2, 0) is 4.79 Å². The van der Waals surface area contributed by atoms with Gasteiger partial charge in [0.2, 0.25) is 5.91 Å². The summed E-state index contributed by atoms with van der Waals surface area (Å²) >= 11 is 11.9. The van der Waals surface area contributed by atoms with E-state index >= 15 is 0 Å². The quantitative estimate of drug-likeness (QED) is 0.736. The van der Waals surface area contributed by atoms with Crippen LogP contribution in [0, 0.1) is 5.92 Å². The summed E-state index contributed by atoms with van der Waals surface area (Å²) in [7, 11) is 0. The maximum atomic E-state index is 12.2. The Bertz CT molecular complexity index is 533. The fourth-order valence-corrected chi connectivity index (χ4v) is 3.29. The highest BCUT2D eigenvalue weighted by Gasteiger charge is 2.24. The summed E-state index contributed by atoms with van der Waals surface area (Å²) in [6.07, 6.45) is 3.17. The average Bonchev–Trinajstić information content (AvgIpc) is 2.53. The number of benzene rings is 1. The lowest BCUT2D eigenvalue weighted by molar-refractivity contribution is -0.132. The fourth-order valence-electron chi connectivity index (χ4n) is 2.83. The second kappa shape index (κ2) is 10.3. The molecule has 7 heteroatoms. The van der Waals surface area contributed by atoms with Crippen molar-refractivity contribution in [1.29, 1.82) is 0 Å². The Labute approximate surface area is 160 Å². The SMILES string of the molecule is CC(N)C1CCN(C(=O)CCCOc2ccc(Cl)cc2Cl)CC1.Cl. The highest BCUT2D eigenvalue weighted by Crippen LogP contribution is 2.27. The zero-order chi connectivity index (χ0) is 16.8. The van der Waals surface area contributed by atoms with E-state index in [0.29, 0.717) is 41.2 Å². The lowest BCUT2D eigenvalue weighted by Gasteiger charge is -2.33. The molecule has 4 nitrogen and oxygen atoms in total. The molecule has 1 heterocycles. The van der Waals surface area contributed by atoms with Crippen LogP contribution in [0.25, 0.3) is 0 Å². The van der Waals surface area contributed by atoms with Gasteiger partial charge in [0.1, 0.15) is 5.75 Å². The van der Waals surface area contributed by atoms with Gasteiger partial charge in [-0.25, -0.2) is 0 Å². The number of nitrogens with zero attached hydrogens (tertiary/aromatic N) is 1. The van der Waals surface area contributed by atoms with Gasteiger partial charge in [0.15, 0.2) is 0 Å². The van der Waals surface area contributed by atoms with Gasteiger partial charge in [-0.1, -0.05) is 23.2 Å². The van der Waals surface area contributed by atoms with Crippen LogP contribution in [0.1, 0.15) is 32.6 Å². The first-order valence-corrected chi connectivity index (χ1v) is 8.84.